The van der Waals surface area contributed by atoms with E-state index < -0.39 is 0 Å². The van der Waals surface area contributed by atoms with Gasteiger partial charge in [0, 0.05) is 49.4 Å². The molecule has 0 heterocycles. The van der Waals surface area contributed by atoms with Gasteiger partial charge in [-0.3, -0.25) is 4.72 Å². The molecular formula is C19H25N3S2. The number of hydrogen-bond donors (Lipinski definition) is 2. The van der Waals surface area contributed by atoms with E-state index in [2.05, 4.69) is 63.1 Å². The molecule has 1 N–H and O–H groups in total. The summed E-state index contributed by atoms with van der Waals surface area (Å²) in [6, 6.07) is 17.0. The van der Waals surface area contributed by atoms with Crippen LogP contribution < -0.4 is 14.5 Å². The van der Waals surface area contributed by atoms with Gasteiger partial charge in [0.15, 0.2) is 0 Å². The van der Waals surface area contributed by atoms with Crippen LogP contribution in [0.15, 0.2) is 48.5 Å². The molecular weight excluding hydrogens is 334 g/mol. The van der Waals surface area contributed by atoms with E-state index in [1.54, 1.807) is 11.9 Å². The highest BCUT2D eigenvalue weighted by molar-refractivity contribution is 8.08. The van der Waals surface area contributed by atoms with Gasteiger partial charge in [-0.25, -0.2) is 0 Å². The van der Waals surface area contributed by atoms with Gasteiger partial charge in [-0.05, 0) is 54.4 Å². The summed E-state index contributed by atoms with van der Waals surface area (Å²) in [6.45, 7) is 0. The first-order valence-electron chi connectivity index (χ1n) is 7.76. The van der Waals surface area contributed by atoms with Crippen LogP contribution in [-0.2, 0) is 0 Å². The van der Waals surface area contributed by atoms with E-state index in [1.807, 2.05) is 35.2 Å². The molecule has 0 spiro atoms. The maximum absolute atomic E-state index is 4.81. The molecule has 0 radical (unpaired) electrons. The fraction of sp³-hybridized carbons (Fsp3) is 0.263. The van der Waals surface area contributed by atoms with E-state index in [0.29, 0.717) is 0 Å². The Kier molecular flexibility index (Phi) is 6.66. The van der Waals surface area contributed by atoms with Crippen LogP contribution in [-0.4, -0.2) is 35.2 Å². The van der Waals surface area contributed by atoms with Crippen LogP contribution in [0.25, 0.3) is 9.81 Å². The molecule has 0 aliphatic heterocycles. The number of anilines is 2. The lowest BCUT2D eigenvalue weighted by Crippen LogP contribution is -2.08. The summed E-state index contributed by atoms with van der Waals surface area (Å²) in [5.41, 5.74) is 4.63. The zero-order valence-electron chi connectivity index (χ0n) is 14.9. The molecule has 0 bridgehead atoms. The third-order valence-corrected chi connectivity index (χ3v) is 5.20. The number of rotatable bonds is 6. The van der Waals surface area contributed by atoms with Crippen molar-refractivity contribution in [1.29, 1.82) is 0 Å². The van der Waals surface area contributed by atoms with Gasteiger partial charge in [0.2, 0.25) is 0 Å². The molecule has 0 saturated carbocycles. The standard InChI is InChI=1S/C19H25N3S2/c1-20-24-19(15-8-12-17(13-9-15)22(4)5)18(23)14-6-10-16(11-7-14)21(2)3/h6-13,20,23H,1-5H3/b19-18-. The van der Waals surface area contributed by atoms with E-state index in [0.717, 1.165) is 20.9 Å². The average molecular weight is 360 g/mol. The number of thiol groups is 1. The Labute approximate surface area is 155 Å². The molecule has 3 nitrogen and oxygen atoms in total. The van der Waals surface area contributed by atoms with Crippen molar-refractivity contribution >= 4 is 45.8 Å². The second-order valence-corrected chi connectivity index (χ2v) is 7.33. The van der Waals surface area contributed by atoms with Crippen molar-refractivity contribution in [1.82, 2.24) is 4.72 Å². The second kappa shape index (κ2) is 8.51. The number of hydrogen-bond acceptors (Lipinski definition) is 5. The first kappa shape index (κ1) is 18.8. The smallest absolute Gasteiger partial charge is 0.0439 e. The highest BCUT2D eigenvalue weighted by Crippen LogP contribution is 2.36. The fourth-order valence-electron chi connectivity index (χ4n) is 2.31. The summed E-state index contributed by atoms with van der Waals surface area (Å²) in [5.74, 6) is 0. The maximum Gasteiger partial charge on any atom is 0.0439 e. The Bertz CT molecular complexity index is 690. The Hall–Kier alpha value is -1.56. The lowest BCUT2D eigenvalue weighted by Gasteiger charge is -2.16. The van der Waals surface area contributed by atoms with Crippen molar-refractivity contribution in [2.24, 2.45) is 0 Å². The largest absolute Gasteiger partial charge is 0.378 e. The van der Waals surface area contributed by atoms with E-state index in [9.17, 15) is 0 Å². The van der Waals surface area contributed by atoms with Crippen LogP contribution in [0, 0.1) is 0 Å². The zero-order chi connectivity index (χ0) is 17.7. The fourth-order valence-corrected chi connectivity index (χ4v) is 3.39. The average Bonchev–Trinajstić information content (AvgIpc) is 2.59. The van der Waals surface area contributed by atoms with E-state index in [4.69, 9.17) is 12.6 Å². The van der Waals surface area contributed by atoms with Crippen molar-refractivity contribution in [3.63, 3.8) is 0 Å². The van der Waals surface area contributed by atoms with E-state index >= 15 is 0 Å². The lowest BCUT2D eigenvalue weighted by atomic mass is 10.1. The Morgan fingerprint density at radius 2 is 1.21 bits per heavy atom. The van der Waals surface area contributed by atoms with Crippen molar-refractivity contribution in [2.45, 2.75) is 0 Å². The molecule has 0 unspecified atom stereocenters. The Morgan fingerprint density at radius 3 is 1.58 bits per heavy atom. The molecule has 2 aromatic rings. The quantitative estimate of drug-likeness (QED) is 0.451. The Balaban J connectivity index is 2.41. The molecule has 0 fully saturated rings. The van der Waals surface area contributed by atoms with Crippen LogP contribution >= 0.6 is 24.6 Å². The minimum absolute atomic E-state index is 0.970. The summed E-state index contributed by atoms with van der Waals surface area (Å²) in [7, 11) is 10.1. The van der Waals surface area contributed by atoms with Gasteiger partial charge in [-0.1, -0.05) is 24.3 Å². The number of nitrogens with one attached hydrogen (secondary N) is 1. The predicted molar refractivity (Wildman–Crippen MR) is 114 cm³/mol. The van der Waals surface area contributed by atoms with Crippen LogP contribution in [0.2, 0.25) is 0 Å². The van der Waals surface area contributed by atoms with Crippen LogP contribution in [0.1, 0.15) is 11.1 Å². The van der Waals surface area contributed by atoms with Gasteiger partial charge in [-0.15, -0.1) is 12.6 Å². The van der Waals surface area contributed by atoms with E-state index in [1.165, 1.54) is 11.4 Å². The van der Waals surface area contributed by atoms with E-state index in [-0.39, 0.29) is 0 Å². The minimum atomic E-state index is 0.970. The summed E-state index contributed by atoms with van der Waals surface area (Å²) >= 11 is 6.39. The number of benzene rings is 2. The van der Waals surface area contributed by atoms with Crippen LogP contribution in [0.4, 0.5) is 11.4 Å². The minimum Gasteiger partial charge on any atom is -0.378 e. The lowest BCUT2D eigenvalue weighted by molar-refractivity contribution is 1.13. The normalized spacial score (nSPS) is 11.9. The third-order valence-electron chi connectivity index (χ3n) is 3.72. The van der Waals surface area contributed by atoms with Gasteiger partial charge in [0.25, 0.3) is 0 Å². The van der Waals surface area contributed by atoms with Crippen molar-refractivity contribution < 1.29 is 0 Å². The maximum atomic E-state index is 4.81. The topological polar surface area (TPSA) is 18.5 Å². The van der Waals surface area contributed by atoms with Crippen LogP contribution in [0.5, 0.6) is 0 Å². The van der Waals surface area contributed by atoms with Crippen LogP contribution in [0.3, 0.4) is 0 Å². The molecule has 0 aromatic heterocycles. The third kappa shape index (κ3) is 4.50. The monoisotopic (exact) mass is 359 g/mol. The highest BCUT2D eigenvalue weighted by Gasteiger charge is 2.10. The van der Waals surface area contributed by atoms with Gasteiger partial charge in [0.1, 0.15) is 0 Å². The zero-order valence-corrected chi connectivity index (χ0v) is 16.6. The predicted octanol–water partition coefficient (Wildman–Crippen LogP) is 4.44. The molecule has 5 heteroatoms. The summed E-state index contributed by atoms with van der Waals surface area (Å²) < 4.78 is 3.18. The van der Waals surface area contributed by atoms with Crippen molar-refractivity contribution in [3.8, 4) is 0 Å². The summed E-state index contributed by atoms with van der Waals surface area (Å²) in [5, 5.41) is 0. The molecule has 2 rings (SSSR count). The molecule has 0 amide bonds. The summed E-state index contributed by atoms with van der Waals surface area (Å²) in [4.78, 5) is 6.27. The molecule has 0 atom stereocenters. The summed E-state index contributed by atoms with van der Waals surface area (Å²) in [6.07, 6.45) is 0. The first-order valence-corrected chi connectivity index (χ1v) is 9.02. The van der Waals surface area contributed by atoms with Crippen molar-refractivity contribution in [2.75, 3.05) is 45.0 Å². The molecule has 0 saturated heterocycles. The Morgan fingerprint density at radius 1 is 0.792 bits per heavy atom. The van der Waals surface area contributed by atoms with Gasteiger partial charge >= 0.3 is 0 Å². The van der Waals surface area contributed by atoms with Crippen molar-refractivity contribution in [3.05, 3.63) is 59.7 Å². The second-order valence-electron chi connectivity index (χ2n) is 5.87. The molecule has 0 aliphatic rings. The molecule has 24 heavy (non-hydrogen) atoms. The first-order chi connectivity index (χ1) is 11.4. The molecule has 128 valence electrons. The molecule has 0 aliphatic carbocycles. The van der Waals surface area contributed by atoms with Gasteiger partial charge < -0.3 is 9.80 Å². The number of nitrogens with zero attached hydrogens (tertiary/aromatic N) is 2. The SMILES string of the molecule is CNS/C(=C(\S)c1ccc(N(C)C)cc1)c1ccc(N(C)C)cc1. The van der Waals surface area contributed by atoms with Gasteiger partial charge in [-0.2, -0.15) is 0 Å². The highest BCUT2D eigenvalue weighted by atomic mass is 32.2. The molecule has 2 aromatic carbocycles. The van der Waals surface area contributed by atoms with Gasteiger partial charge in [0.05, 0.1) is 0 Å².